The van der Waals surface area contributed by atoms with Gasteiger partial charge >= 0.3 is 0 Å². The second kappa shape index (κ2) is 3.73. The molecule has 86 valence electrons. The molecule has 2 aromatic carbocycles. The summed E-state index contributed by atoms with van der Waals surface area (Å²) < 4.78 is 0. The van der Waals surface area contributed by atoms with Gasteiger partial charge in [-0.3, -0.25) is 0 Å². The van der Waals surface area contributed by atoms with E-state index in [0.29, 0.717) is 11.8 Å². The number of benzene rings is 2. The molecule has 0 heteroatoms. The van der Waals surface area contributed by atoms with E-state index in [9.17, 15) is 0 Å². The second-order valence-corrected chi connectivity index (χ2v) is 5.35. The van der Waals surface area contributed by atoms with Crippen molar-refractivity contribution in [1.82, 2.24) is 0 Å². The van der Waals surface area contributed by atoms with Crippen LogP contribution >= 0.6 is 0 Å². The van der Waals surface area contributed by atoms with Crippen LogP contribution in [0, 0.1) is 12.8 Å². The molecule has 0 radical (unpaired) electrons. The van der Waals surface area contributed by atoms with E-state index < -0.39 is 0 Å². The average molecular weight is 222 g/mol. The number of rotatable bonds is 1. The van der Waals surface area contributed by atoms with Gasteiger partial charge in [0.1, 0.15) is 0 Å². The van der Waals surface area contributed by atoms with Crippen LogP contribution in [0.5, 0.6) is 0 Å². The third kappa shape index (κ3) is 1.44. The summed E-state index contributed by atoms with van der Waals surface area (Å²) in [7, 11) is 0. The minimum Gasteiger partial charge on any atom is -0.0619 e. The van der Waals surface area contributed by atoms with Gasteiger partial charge < -0.3 is 0 Å². The van der Waals surface area contributed by atoms with Gasteiger partial charge in [-0.15, -0.1) is 0 Å². The van der Waals surface area contributed by atoms with E-state index in [2.05, 4.69) is 63.2 Å². The first kappa shape index (κ1) is 10.6. The third-order valence-electron chi connectivity index (χ3n) is 3.89. The fraction of sp³-hybridized carbons (Fsp3) is 0.294. The molecule has 0 N–H and O–H groups in total. The van der Waals surface area contributed by atoms with Gasteiger partial charge in [-0.05, 0) is 40.7 Å². The maximum Gasteiger partial charge on any atom is 0.0127 e. The highest BCUT2D eigenvalue weighted by molar-refractivity contribution is 5.80. The largest absolute Gasteiger partial charge is 0.0619 e. The van der Waals surface area contributed by atoms with Gasteiger partial charge in [0.2, 0.25) is 0 Å². The summed E-state index contributed by atoms with van der Waals surface area (Å²) in [5.41, 5.74) is 7.36. The molecule has 1 atom stereocenters. The quantitative estimate of drug-likeness (QED) is 0.652. The fourth-order valence-corrected chi connectivity index (χ4v) is 3.19. The lowest BCUT2D eigenvalue weighted by Gasteiger charge is -2.19. The number of aryl methyl sites for hydroxylation is 1. The number of hydrogen-bond acceptors (Lipinski definition) is 0. The highest BCUT2D eigenvalue weighted by atomic mass is 14.3. The first-order chi connectivity index (χ1) is 8.20. The first-order valence-corrected chi connectivity index (χ1v) is 6.39. The lowest BCUT2D eigenvalue weighted by atomic mass is 9.85. The van der Waals surface area contributed by atoms with Gasteiger partial charge in [0.05, 0.1) is 0 Å². The molecule has 0 saturated heterocycles. The van der Waals surface area contributed by atoms with Gasteiger partial charge in [0, 0.05) is 5.92 Å². The van der Waals surface area contributed by atoms with Crippen LogP contribution in [0.25, 0.3) is 11.1 Å². The third-order valence-corrected chi connectivity index (χ3v) is 3.89. The summed E-state index contributed by atoms with van der Waals surface area (Å²) in [6.07, 6.45) is 0. The Hall–Kier alpha value is -1.56. The van der Waals surface area contributed by atoms with Gasteiger partial charge in [-0.2, -0.15) is 0 Å². The Morgan fingerprint density at radius 3 is 2.35 bits per heavy atom. The molecule has 2 aromatic rings. The first-order valence-electron chi connectivity index (χ1n) is 6.39. The highest BCUT2D eigenvalue weighted by Crippen LogP contribution is 2.49. The molecule has 1 unspecified atom stereocenters. The highest BCUT2D eigenvalue weighted by Gasteiger charge is 2.31. The van der Waals surface area contributed by atoms with Crippen LogP contribution in [0.4, 0.5) is 0 Å². The van der Waals surface area contributed by atoms with E-state index in [1.165, 1.54) is 22.3 Å². The van der Waals surface area contributed by atoms with Crippen molar-refractivity contribution in [3.63, 3.8) is 0 Å². The van der Waals surface area contributed by atoms with Gasteiger partial charge in [0.25, 0.3) is 0 Å². The van der Waals surface area contributed by atoms with Gasteiger partial charge in [0.15, 0.2) is 0 Å². The van der Waals surface area contributed by atoms with E-state index >= 15 is 0 Å². The average Bonchev–Trinajstić information content (AvgIpc) is 2.65. The van der Waals surface area contributed by atoms with E-state index in [4.69, 9.17) is 0 Å². The molecule has 0 aliphatic heterocycles. The number of hydrogen-bond donors (Lipinski definition) is 0. The Balaban J connectivity index is 2.34. The molecule has 0 spiro atoms. The molecule has 0 saturated carbocycles. The Kier molecular flexibility index (Phi) is 2.32. The minimum atomic E-state index is 0.572. The van der Waals surface area contributed by atoms with E-state index in [0.717, 1.165) is 0 Å². The summed E-state index contributed by atoms with van der Waals surface area (Å²) in [4.78, 5) is 0. The topological polar surface area (TPSA) is 0 Å². The molecule has 3 rings (SSSR count). The van der Waals surface area contributed by atoms with Crippen molar-refractivity contribution in [2.24, 2.45) is 5.92 Å². The molecular weight excluding hydrogens is 204 g/mol. The standard InChI is InChI=1S/C17H18/c1-11(2)16-14-9-5-4-8-13(14)15-10-6-7-12(3)17(15)16/h4-11,16H,1-3H3. The zero-order chi connectivity index (χ0) is 12.0. The molecule has 0 bridgehead atoms. The van der Waals surface area contributed by atoms with Crippen LogP contribution in [0.1, 0.15) is 36.5 Å². The molecule has 1 aliphatic rings. The van der Waals surface area contributed by atoms with Crippen molar-refractivity contribution in [1.29, 1.82) is 0 Å². The van der Waals surface area contributed by atoms with Crippen LogP contribution < -0.4 is 0 Å². The smallest absolute Gasteiger partial charge is 0.0127 e. The van der Waals surface area contributed by atoms with Crippen molar-refractivity contribution in [2.45, 2.75) is 26.7 Å². The van der Waals surface area contributed by atoms with E-state index in [1.807, 2.05) is 0 Å². The summed E-state index contributed by atoms with van der Waals surface area (Å²) in [6.45, 7) is 6.88. The number of fused-ring (bicyclic) bond motifs is 3. The zero-order valence-electron chi connectivity index (χ0n) is 10.7. The van der Waals surface area contributed by atoms with Crippen molar-refractivity contribution >= 4 is 0 Å². The fourth-order valence-electron chi connectivity index (χ4n) is 3.19. The SMILES string of the molecule is Cc1cccc2c1C(C(C)C)c1ccccc1-2. The monoisotopic (exact) mass is 222 g/mol. The zero-order valence-corrected chi connectivity index (χ0v) is 10.7. The molecular formula is C17H18. The Morgan fingerprint density at radius 1 is 0.882 bits per heavy atom. The van der Waals surface area contributed by atoms with E-state index in [-0.39, 0.29) is 0 Å². The molecule has 0 aromatic heterocycles. The molecule has 0 nitrogen and oxygen atoms in total. The molecule has 0 amide bonds. The molecule has 0 fully saturated rings. The van der Waals surface area contributed by atoms with Crippen LogP contribution in [0.3, 0.4) is 0 Å². The van der Waals surface area contributed by atoms with Gasteiger partial charge in [-0.25, -0.2) is 0 Å². The van der Waals surface area contributed by atoms with Crippen molar-refractivity contribution in [3.8, 4) is 11.1 Å². The lowest BCUT2D eigenvalue weighted by molar-refractivity contribution is 0.571. The van der Waals surface area contributed by atoms with Crippen LogP contribution in [0.15, 0.2) is 42.5 Å². The molecule has 0 heterocycles. The predicted octanol–water partition coefficient (Wildman–Crippen LogP) is 4.76. The van der Waals surface area contributed by atoms with Crippen LogP contribution in [0.2, 0.25) is 0 Å². The maximum absolute atomic E-state index is 2.32. The molecule has 1 aliphatic carbocycles. The molecule has 17 heavy (non-hydrogen) atoms. The maximum atomic E-state index is 2.32. The summed E-state index contributed by atoms with van der Waals surface area (Å²) in [5.74, 6) is 1.22. The predicted molar refractivity (Wildman–Crippen MR) is 73.3 cm³/mol. The van der Waals surface area contributed by atoms with Gasteiger partial charge in [-0.1, -0.05) is 56.3 Å². The van der Waals surface area contributed by atoms with E-state index in [1.54, 1.807) is 5.56 Å². The minimum absolute atomic E-state index is 0.572. The second-order valence-electron chi connectivity index (χ2n) is 5.35. The van der Waals surface area contributed by atoms with Crippen molar-refractivity contribution in [2.75, 3.05) is 0 Å². The Labute approximate surface area is 103 Å². The Bertz CT molecular complexity index is 564. The normalized spacial score (nSPS) is 17.1. The Morgan fingerprint density at radius 2 is 1.59 bits per heavy atom. The van der Waals surface area contributed by atoms with Crippen LogP contribution in [-0.4, -0.2) is 0 Å². The summed E-state index contributed by atoms with van der Waals surface area (Å²) in [5, 5.41) is 0. The van der Waals surface area contributed by atoms with Crippen molar-refractivity contribution < 1.29 is 0 Å². The summed E-state index contributed by atoms with van der Waals surface area (Å²) >= 11 is 0. The summed E-state index contributed by atoms with van der Waals surface area (Å²) in [6, 6.07) is 15.5. The van der Waals surface area contributed by atoms with Crippen LogP contribution in [-0.2, 0) is 0 Å². The van der Waals surface area contributed by atoms with Crippen molar-refractivity contribution in [3.05, 3.63) is 59.2 Å². The lowest BCUT2D eigenvalue weighted by Crippen LogP contribution is -2.06.